The summed E-state index contributed by atoms with van der Waals surface area (Å²) in [7, 11) is 0. The molecule has 2 heterocycles. The van der Waals surface area contributed by atoms with Gasteiger partial charge < -0.3 is 5.32 Å². The van der Waals surface area contributed by atoms with Gasteiger partial charge in [-0.15, -0.1) is 0 Å². The van der Waals surface area contributed by atoms with E-state index in [0.717, 1.165) is 12.0 Å². The maximum atomic E-state index is 12.2. The molecule has 0 spiro atoms. The lowest BCUT2D eigenvalue weighted by atomic mass is 9.87. The fourth-order valence-corrected chi connectivity index (χ4v) is 3.67. The Morgan fingerprint density at radius 3 is 2.42 bits per heavy atom. The number of benzene rings is 1. The van der Waals surface area contributed by atoms with Gasteiger partial charge in [0, 0.05) is 24.9 Å². The van der Waals surface area contributed by atoms with Gasteiger partial charge in [0.2, 0.25) is 0 Å². The van der Waals surface area contributed by atoms with E-state index in [1.54, 1.807) is 0 Å². The summed E-state index contributed by atoms with van der Waals surface area (Å²) in [4.78, 5) is 12.2. The molecule has 0 saturated carbocycles. The zero-order chi connectivity index (χ0) is 13.2. The molecule has 3 rings (SSSR count). The van der Waals surface area contributed by atoms with E-state index in [2.05, 4.69) is 36.5 Å². The molecule has 2 bridgehead atoms. The summed E-state index contributed by atoms with van der Waals surface area (Å²) >= 11 is 0. The third-order valence-corrected chi connectivity index (χ3v) is 4.61. The highest BCUT2D eigenvalue weighted by Gasteiger charge is 2.33. The van der Waals surface area contributed by atoms with Crippen molar-refractivity contribution in [1.82, 2.24) is 5.32 Å². The fourth-order valence-electron chi connectivity index (χ4n) is 3.67. The van der Waals surface area contributed by atoms with E-state index in [4.69, 9.17) is 0 Å². The number of aryl methyl sites for hydroxylation is 1. The third-order valence-electron chi connectivity index (χ3n) is 4.61. The number of fused-ring (bicyclic) bond motifs is 2. The molecular weight excluding hydrogens is 234 g/mol. The van der Waals surface area contributed by atoms with E-state index in [1.807, 2.05) is 0 Å². The molecule has 2 saturated heterocycles. The minimum Gasteiger partial charge on any atom is -0.311 e. The largest absolute Gasteiger partial charge is 0.311 e. The van der Waals surface area contributed by atoms with Crippen molar-refractivity contribution in [2.45, 2.75) is 57.5 Å². The fraction of sp³-hybridized carbons (Fsp3) is 0.588. The molecule has 2 nitrogen and oxygen atoms in total. The second-order valence-electron chi connectivity index (χ2n) is 6.38. The Labute approximate surface area is 115 Å². The highest BCUT2D eigenvalue weighted by Crippen LogP contribution is 2.32. The summed E-state index contributed by atoms with van der Waals surface area (Å²) in [5, 5.41) is 3.64. The van der Waals surface area contributed by atoms with E-state index < -0.39 is 0 Å². The van der Waals surface area contributed by atoms with Crippen LogP contribution in [0.1, 0.15) is 43.2 Å². The topological polar surface area (TPSA) is 29.1 Å². The van der Waals surface area contributed by atoms with Gasteiger partial charge in [-0.2, -0.15) is 0 Å². The van der Waals surface area contributed by atoms with Crippen molar-refractivity contribution < 1.29 is 4.79 Å². The summed E-state index contributed by atoms with van der Waals surface area (Å²) in [6.07, 6.45) is 6.43. The molecule has 19 heavy (non-hydrogen) atoms. The van der Waals surface area contributed by atoms with Crippen LogP contribution in [0, 0.1) is 12.8 Å². The van der Waals surface area contributed by atoms with Gasteiger partial charge in [0.05, 0.1) is 0 Å². The molecule has 2 aliphatic heterocycles. The molecule has 102 valence electrons. The Balaban J connectivity index is 1.52. The van der Waals surface area contributed by atoms with E-state index in [0.29, 0.717) is 30.2 Å². The van der Waals surface area contributed by atoms with Crippen LogP contribution in [0.15, 0.2) is 24.3 Å². The maximum Gasteiger partial charge on any atom is 0.137 e. The summed E-state index contributed by atoms with van der Waals surface area (Å²) in [6.45, 7) is 2.08. The highest BCUT2D eigenvalue weighted by atomic mass is 16.1. The summed E-state index contributed by atoms with van der Waals surface area (Å²) in [6, 6.07) is 9.73. The third kappa shape index (κ3) is 3.24. The Bertz CT molecular complexity index is 439. The minimum absolute atomic E-state index is 0.412. The van der Waals surface area contributed by atoms with Crippen LogP contribution in [0.2, 0.25) is 0 Å². The molecule has 1 aromatic carbocycles. The van der Waals surface area contributed by atoms with Crippen molar-refractivity contribution in [2.75, 3.05) is 0 Å². The second-order valence-corrected chi connectivity index (χ2v) is 6.38. The Kier molecular flexibility index (Phi) is 3.69. The molecule has 0 radical (unpaired) electrons. The zero-order valence-electron chi connectivity index (χ0n) is 11.7. The van der Waals surface area contributed by atoms with Crippen LogP contribution < -0.4 is 5.32 Å². The Morgan fingerprint density at radius 2 is 1.79 bits per heavy atom. The van der Waals surface area contributed by atoms with E-state index >= 15 is 0 Å². The lowest BCUT2D eigenvalue weighted by Crippen LogP contribution is -2.38. The first-order chi connectivity index (χ1) is 9.19. The van der Waals surface area contributed by atoms with E-state index in [1.165, 1.54) is 31.2 Å². The number of hydrogen-bond donors (Lipinski definition) is 1. The summed E-state index contributed by atoms with van der Waals surface area (Å²) in [5.74, 6) is 1.03. The molecule has 1 N–H and O–H groups in total. The molecule has 0 amide bonds. The normalized spacial score (nSPS) is 29.4. The molecule has 2 heteroatoms. The zero-order valence-corrected chi connectivity index (χ0v) is 11.7. The van der Waals surface area contributed by atoms with Gasteiger partial charge in [-0.3, -0.25) is 4.79 Å². The van der Waals surface area contributed by atoms with E-state index in [9.17, 15) is 4.79 Å². The Morgan fingerprint density at radius 1 is 1.16 bits per heavy atom. The minimum atomic E-state index is 0.412. The Hall–Kier alpha value is -1.15. The monoisotopic (exact) mass is 257 g/mol. The first-order valence-corrected chi connectivity index (χ1v) is 7.52. The summed E-state index contributed by atoms with van der Waals surface area (Å²) < 4.78 is 0. The van der Waals surface area contributed by atoms with Gasteiger partial charge in [-0.25, -0.2) is 0 Å². The average Bonchev–Trinajstić information content (AvgIpc) is 2.72. The first kappa shape index (κ1) is 12.9. The van der Waals surface area contributed by atoms with Gasteiger partial charge in [0.25, 0.3) is 0 Å². The SMILES string of the molecule is Cc1ccc(CC(=O)CC2CC3CCC(C2)N3)cc1. The van der Waals surface area contributed by atoms with Crippen LogP contribution >= 0.6 is 0 Å². The number of carbonyl (C=O) groups is 1. The predicted octanol–water partition coefficient (Wildman–Crippen LogP) is 3.03. The lowest BCUT2D eigenvalue weighted by Gasteiger charge is -2.28. The molecule has 1 aromatic rings. The number of nitrogens with one attached hydrogen (secondary N) is 1. The molecular formula is C17H23NO. The van der Waals surface area contributed by atoms with Gasteiger partial charge in [-0.1, -0.05) is 29.8 Å². The van der Waals surface area contributed by atoms with Crippen LogP contribution in [0.3, 0.4) is 0 Å². The average molecular weight is 257 g/mol. The molecule has 2 unspecified atom stereocenters. The van der Waals surface area contributed by atoms with E-state index in [-0.39, 0.29) is 0 Å². The van der Waals surface area contributed by atoms with Gasteiger partial charge in [-0.05, 0) is 44.1 Å². The van der Waals surface area contributed by atoms with Crippen molar-refractivity contribution in [2.24, 2.45) is 5.92 Å². The van der Waals surface area contributed by atoms with Crippen LogP contribution in [-0.2, 0) is 11.2 Å². The highest BCUT2D eigenvalue weighted by molar-refractivity contribution is 5.81. The number of Topliss-reactive ketones (excluding diaryl/α,β-unsaturated/α-hetero) is 1. The lowest BCUT2D eigenvalue weighted by molar-refractivity contribution is -0.119. The summed E-state index contributed by atoms with van der Waals surface area (Å²) in [5.41, 5.74) is 2.42. The molecule has 0 aliphatic carbocycles. The number of hydrogen-bond acceptors (Lipinski definition) is 2. The smallest absolute Gasteiger partial charge is 0.137 e. The molecule has 2 atom stereocenters. The molecule has 2 aliphatic rings. The van der Waals surface area contributed by atoms with Crippen LogP contribution in [0.4, 0.5) is 0 Å². The number of carbonyl (C=O) groups excluding carboxylic acids is 1. The number of ketones is 1. The van der Waals surface area contributed by atoms with Crippen molar-refractivity contribution >= 4 is 5.78 Å². The maximum absolute atomic E-state index is 12.2. The van der Waals surface area contributed by atoms with Crippen molar-refractivity contribution in [3.63, 3.8) is 0 Å². The second kappa shape index (κ2) is 5.46. The first-order valence-electron chi connectivity index (χ1n) is 7.52. The van der Waals surface area contributed by atoms with Crippen molar-refractivity contribution in [3.8, 4) is 0 Å². The van der Waals surface area contributed by atoms with Gasteiger partial charge >= 0.3 is 0 Å². The number of rotatable bonds is 4. The molecule has 0 aromatic heterocycles. The van der Waals surface area contributed by atoms with Gasteiger partial charge in [0.1, 0.15) is 5.78 Å². The van der Waals surface area contributed by atoms with Gasteiger partial charge in [0.15, 0.2) is 0 Å². The van der Waals surface area contributed by atoms with Crippen LogP contribution in [0.25, 0.3) is 0 Å². The van der Waals surface area contributed by atoms with Crippen LogP contribution in [0.5, 0.6) is 0 Å². The van der Waals surface area contributed by atoms with Crippen molar-refractivity contribution in [1.29, 1.82) is 0 Å². The van der Waals surface area contributed by atoms with Crippen molar-refractivity contribution in [3.05, 3.63) is 35.4 Å². The number of piperidine rings is 1. The quantitative estimate of drug-likeness (QED) is 0.898. The predicted molar refractivity (Wildman–Crippen MR) is 77.2 cm³/mol. The standard InChI is InChI=1S/C17H23NO/c1-12-2-4-13(5-3-12)10-17(19)11-14-8-15-6-7-16(9-14)18-15/h2-5,14-16,18H,6-11H2,1H3. The van der Waals surface area contributed by atoms with Crippen LogP contribution in [-0.4, -0.2) is 17.9 Å². The molecule has 2 fully saturated rings.